The first-order chi connectivity index (χ1) is 10.6. The highest BCUT2D eigenvalue weighted by molar-refractivity contribution is 7.19. The molecule has 0 aliphatic heterocycles. The molecule has 0 saturated carbocycles. The van der Waals surface area contributed by atoms with Crippen molar-refractivity contribution in [2.45, 2.75) is 26.3 Å². The molecule has 22 heavy (non-hydrogen) atoms. The lowest BCUT2D eigenvalue weighted by molar-refractivity contribution is 0.390. The van der Waals surface area contributed by atoms with Crippen LogP contribution in [-0.2, 0) is 0 Å². The van der Waals surface area contributed by atoms with Crippen LogP contribution < -0.4 is 0 Å². The minimum absolute atomic E-state index is 0.00947. The highest BCUT2D eigenvalue weighted by atomic mass is 35.5. The van der Waals surface area contributed by atoms with E-state index in [-0.39, 0.29) is 12.0 Å². The van der Waals surface area contributed by atoms with Gasteiger partial charge >= 0.3 is 0 Å². The molecule has 0 N–H and O–H groups in total. The van der Waals surface area contributed by atoms with Crippen molar-refractivity contribution in [2.75, 3.05) is 0 Å². The lowest BCUT2D eigenvalue weighted by Gasteiger charge is -2.09. The molecule has 0 aliphatic rings. The smallest absolute Gasteiger partial charge is 0.220 e. The molecule has 114 valence electrons. The van der Waals surface area contributed by atoms with E-state index in [1.54, 1.807) is 30.6 Å². The van der Waals surface area contributed by atoms with Crippen LogP contribution >= 0.6 is 22.9 Å². The fraction of sp³-hybridized carbons (Fsp3) is 0.250. The van der Waals surface area contributed by atoms with Gasteiger partial charge in [0.05, 0.1) is 20.8 Å². The normalized spacial score (nSPS) is 12.5. The van der Waals surface area contributed by atoms with Gasteiger partial charge in [0.15, 0.2) is 0 Å². The second-order valence-electron chi connectivity index (χ2n) is 5.06. The van der Waals surface area contributed by atoms with Crippen LogP contribution in [0.1, 0.15) is 26.3 Å². The van der Waals surface area contributed by atoms with Gasteiger partial charge in [0.25, 0.3) is 0 Å². The van der Waals surface area contributed by atoms with Crippen molar-refractivity contribution < 1.29 is 4.39 Å². The van der Waals surface area contributed by atoms with Crippen LogP contribution in [0.5, 0.6) is 0 Å². The molecule has 3 heterocycles. The van der Waals surface area contributed by atoms with Gasteiger partial charge in [0, 0.05) is 12.4 Å². The SMILES string of the molecule is CCC(C)n1nc(-c2ccc(Cl)s2)c(-c2ccncc2)c1F. The number of aromatic nitrogens is 3. The molecule has 0 aromatic carbocycles. The Kier molecular flexibility index (Phi) is 4.27. The van der Waals surface area contributed by atoms with E-state index in [0.29, 0.717) is 15.6 Å². The first kappa shape index (κ1) is 15.2. The third-order valence-electron chi connectivity index (χ3n) is 3.64. The van der Waals surface area contributed by atoms with Crippen molar-refractivity contribution in [2.24, 2.45) is 0 Å². The van der Waals surface area contributed by atoms with E-state index in [1.165, 1.54) is 16.0 Å². The summed E-state index contributed by atoms with van der Waals surface area (Å²) >= 11 is 7.42. The van der Waals surface area contributed by atoms with Crippen molar-refractivity contribution in [3.63, 3.8) is 0 Å². The molecule has 3 rings (SSSR count). The van der Waals surface area contributed by atoms with Gasteiger partial charge in [-0.25, -0.2) is 4.68 Å². The van der Waals surface area contributed by atoms with E-state index in [2.05, 4.69) is 10.1 Å². The maximum absolute atomic E-state index is 15.0. The summed E-state index contributed by atoms with van der Waals surface area (Å²) in [7, 11) is 0. The zero-order valence-corrected chi connectivity index (χ0v) is 13.8. The maximum Gasteiger partial charge on any atom is 0.220 e. The van der Waals surface area contributed by atoms with Gasteiger partial charge in [-0.1, -0.05) is 18.5 Å². The van der Waals surface area contributed by atoms with Crippen molar-refractivity contribution in [3.8, 4) is 21.7 Å². The Morgan fingerprint density at radius 1 is 1.27 bits per heavy atom. The fourth-order valence-corrected chi connectivity index (χ4v) is 3.30. The summed E-state index contributed by atoms with van der Waals surface area (Å²) in [5, 5.41) is 4.51. The summed E-state index contributed by atoms with van der Waals surface area (Å²) in [5.74, 6) is -0.319. The van der Waals surface area contributed by atoms with Crippen molar-refractivity contribution in [1.82, 2.24) is 14.8 Å². The van der Waals surface area contributed by atoms with Crippen LogP contribution in [0.4, 0.5) is 4.39 Å². The third-order valence-corrected chi connectivity index (χ3v) is 4.87. The summed E-state index contributed by atoms with van der Waals surface area (Å²) in [4.78, 5) is 4.86. The zero-order chi connectivity index (χ0) is 15.7. The molecular weight excluding hydrogens is 321 g/mol. The average molecular weight is 336 g/mol. The van der Waals surface area contributed by atoms with E-state index in [1.807, 2.05) is 19.9 Å². The topological polar surface area (TPSA) is 30.7 Å². The number of hydrogen-bond donors (Lipinski definition) is 0. The van der Waals surface area contributed by atoms with E-state index >= 15 is 0 Å². The maximum atomic E-state index is 15.0. The van der Waals surface area contributed by atoms with E-state index in [9.17, 15) is 4.39 Å². The number of nitrogens with zero attached hydrogens (tertiary/aromatic N) is 3. The number of halogens is 2. The highest BCUT2D eigenvalue weighted by Crippen LogP contribution is 2.39. The fourth-order valence-electron chi connectivity index (χ4n) is 2.27. The summed E-state index contributed by atoms with van der Waals surface area (Å²) in [6.45, 7) is 3.97. The molecular formula is C16H15ClFN3S. The number of hydrogen-bond acceptors (Lipinski definition) is 3. The van der Waals surface area contributed by atoms with Crippen LogP contribution in [0.25, 0.3) is 21.7 Å². The number of rotatable bonds is 4. The van der Waals surface area contributed by atoms with Crippen LogP contribution in [0.15, 0.2) is 36.7 Å². The van der Waals surface area contributed by atoms with Crippen molar-refractivity contribution in [3.05, 3.63) is 46.9 Å². The molecule has 3 aromatic rings. The first-order valence-electron chi connectivity index (χ1n) is 7.06. The Morgan fingerprint density at radius 3 is 2.59 bits per heavy atom. The monoisotopic (exact) mass is 335 g/mol. The molecule has 0 radical (unpaired) electrons. The molecule has 6 heteroatoms. The van der Waals surface area contributed by atoms with Gasteiger partial charge in [-0.3, -0.25) is 4.98 Å². The average Bonchev–Trinajstić information content (AvgIpc) is 3.11. The highest BCUT2D eigenvalue weighted by Gasteiger charge is 2.23. The molecule has 0 saturated heterocycles. The Bertz CT molecular complexity index is 782. The minimum Gasteiger partial charge on any atom is -0.265 e. The van der Waals surface area contributed by atoms with Crippen LogP contribution in [0, 0.1) is 5.95 Å². The molecule has 3 aromatic heterocycles. The second-order valence-corrected chi connectivity index (χ2v) is 6.77. The third kappa shape index (κ3) is 2.66. The van der Waals surface area contributed by atoms with E-state index in [4.69, 9.17) is 11.6 Å². The van der Waals surface area contributed by atoms with E-state index < -0.39 is 0 Å². The molecule has 3 nitrogen and oxygen atoms in total. The van der Waals surface area contributed by atoms with Crippen molar-refractivity contribution in [1.29, 1.82) is 0 Å². The molecule has 0 spiro atoms. The lowest BCUT2D eigenvalue weighted by atomic mass is 10.1. The van der Waals surface area contributed by atoms with Gasteiger partial charge in [-0.15, -0.1) is 11.3 Å². The summed E-state index contributed by atoms with van der Waals surface area (Å²) in [6, 6.07) is 7.25. The van der Waals surface area contributed by atoms with Crippen LogP contribution in [-0.4, -0.2) is 14.8 Å². The summed E-state index contributed by atoms with van der Waals surface area (Å²) < 4.78 is 17.1. The molecule has 0 amide bonds. The summed E-state index contributed by atoms with van der Waals surface area (Å²) in [5.41, 5.74) is 1.89. The zero-order valence-electron chi connectivity index (χ0n) is 12.3. The molecule has 0 aliphatic carbocycles. The Morgan fingerprint density at radius 2 is 2.00 bits per heavy atom. The van der Waals surface area contributed by atoms with Gasteiger partial charge in [0.2, 0.25) is 5.95 Å². The predicted molar refractivity (Wildman–Crippen MR) is 88.7 cm³/mol. The van der Waals surface area contributed by atoms with Crippen LogP contribution in [0.2, 0.25) is 4.34 Å². The van der Waals surface area contributed by atoms with Crippen LogP contribution in [0.3, 0.4) is 0 Å². The van der Waals surface area contributed by atoms with Gasteiger partial charge in [-0.2, -0.15) is 9.49 Å². The Labute approximate surface area is 137 Å². The van der Waals surface area contributed by atoms with E-state index in [0.717, 1.165) is 16.9 Å². The molecule has 0 fully saturated rings. The molecule has 0 bridgehead atoms. The quantitative estimate of drug-likeness (QED) is 0.635. The van der Waals surface area contributed by atoms with Gasteiger partial charge < -0.3 is 0 Å². The van der Waals surface area contributed by atoms with Gasteiger partial charge in [0.1, 0.15) is 5.69 Å². The predicted octanol–water partition coefficient (Wildman–Crippen LogP) is 5.44. The molecule has 1 unspecified atom stereocenters. The Hall–Kier alpha value is -1.72. The first-order valence-corrected chi connectivity index (χ1v) is 8.25. The summed E-state index contributed by atoms with van der Waals surface area (Å²) in [6.07, 6.45) is 4.11. The standard InChI is InChI=1S/C16H15ClFN3S/c1-3-10(2)21-16(18)14(11-6-8-19-9-7-11)15(20-21)12-4-5-13(17)22-12/h4-10H,3H2,1-2H3. The van der Waals surface area contributed by atoms with Gasteiger partial charge in [-0.05, 0) is 43.2 Å². The largest absolute Gasteiger partial charge is 0.265 e. The Balaban J connectivity index is 2.23. The molecule has 1 atom stereocenters. The van der Waals surface area contributed by atoms with Crippen molar-refractivity contribution >= 4 is 22.9 Å². The number of pyridine rings is 1. The lowest BCUT2D eigenvalue weighted by Crippen LogP contribution is -2.08. The number of thiophene rings is 1. The second kappa shape index (κ2) is 6.18. The minimum atomic E-state index is -0.319.